The van der Waals surface area contributed by atoms with Gasteiger partial charge in [0.05, 0.1) is 17.2 Å². The highest BCUT2D eigenvalue weighted by Crippen LogP contribution is 2.35. The summed E-state index contributed by atoms with van der Waals surface area (Å²) in [5, 5.41) is 43.2. The van der Waals surface area contributed by atoms with Crippen LogP contribution in [0.15, 0.2) is 17.2 Å². The molecular weight excluding hydrogens is 512 g/mol. The summed E-state index contributed by atoms with van der Waals surface area (Å²) in [6.45, 7) is 1.70. The Hall–Kier alpha value is -3.27. The second kappa shape index (κ2) is 11.0. The number of carboxylic acids is 1. The summed E-state index contributed by atoms with van der Waals surface area (Å²) in [6, 6.07) is -1.85. The highest BCUT2D eigenvalue weighted by Gasteiger charge is 2.53. The van der Waals surface area contributed by atoms with Crippen LogP contribution in [0.25, 0.3) is 0 Å². The first-order valence-corrected chi connectivity index (χ1v) is 11.4. The van der Waals surface area contributed by atoms with Gasteiger partial charge in [0.25, 0.3) is 11.8 Å². The van der Waals surface area contributed by atoms with Crippen LogP contribution >= 0.6 is 11.6 Å². The third-order valence-electron chi connectivity index (χ3n) is 5.30. The summed E-state index contributed by atoms with van der Waals surface area (Å²) in [5.74, 6) is -5.56. The molecule has 1 fully saturated rings. The molecule has 14 nitrogen and oxygen atoms in total. The lowest BCUT2D eigenvalue weighted by Crippen LogP contribution is -2.67. The van der Waals surface area contributed by atoms with Crippen LogP contribution in [-0.2, 0) is 25.5 Å². The Balaban J connectivity index is 2.18. The number of carboxylic acid groups (broad SMARTS) is 1. The topological polar surface area (TPSA) is 226 Å². The number of carbonyl (C=O) groups is 4. The fourth-order valence-electron chi connectivity index (χ4n) is 3.30. The minimum Gasteiger partial charge on any atom is -0.504 e. The molecule has 1 saturated heterocycles. The SMILES string of the molecule is C[C@@H]1CC(=O)N1[C@@H](C(=O)O)[C@](C)(/C=N/NC(=O)[C@H](CO)NC(=O)c1ccc(O)c(O)c1Cl)S(=O)O. The van der Waals surface area contributed by atoms with Crippen molar-refractivity contribution in [2.24, 2.45) is 5.10 Å². The number of halogens is 1. The van der Waals surface area contributed by atoms with Crippen LogP contribution in [0.3, 0.4) is 0 Å². The standard InChI is InChI=1S/C19H23ClN4O10S/c1-8-5-12(27)24(8)15(18(31)32)19(2,35(33)34)7-21-23-17(30)10(6-25)22-16(29)9-3-4-11(26)14(28)13(9)20/h3-4,7-8,10,15,25-26,28H,5-6H2,1-2H3,(H,22,29)(H,23,30)(H,31,32)(H,33,34)/b21-7+/t8-,10+,15+,19+/m1/s1. The molecule has 192 valence electrons. The van der Waals surface area contributed by atoms with Gasteiger partial charge in [-0.05, 0) is 26.0 Å². The number of hydrogen-bond donors (Lipinski definition) is 7. The van der Waals surface area contributed by atoms with Gasteiger partial charge in [-0.2, -0.15) is 5.10 Å². The number of aliphatic carboxylic acids is 1. The molecule has 5 atom stereocenters. The Labute approximate surface area is 205 Å². The number of hydrogen-bond acceptors (Lipinski definition) is 9. The number of nitrogens with zero attached hydrogens (tertiary/aromatic N) is 2. The van der Waals surface area contributed by atoms with Crippen LogP contribution in [-0.4, -0.2) is 93.5 Å². The first-order chi connectivity index (χ1) is 16.3. The number of amides is 3. The van der Waals surface area contributed by atoms with Crippen molar-refractivity contribution >= 4 is 52.6 Å². The van der Waals surface area contributed by atoms with E-state index in [1.165, 1.54) is 0 Å². The van der Waals surface area contributed by atoms with E-state index in [1.807, 2.05) is 5.43 Å². The second-order valence-electron chi connectivity index (χ2n) is 7.77. The van der Waals surface area contributed by atoms with Crippen molar-refractivity contribution in [2.45, 2.75) is 43.1 Å². The van der Waals surface area contributed by atoms with Crippen molar-refractivity contribution in [2.75, 3.05) is 6.61 Å². The lowest BCUT2D eigenvalue weighted by atomic mass is 9.92. The summed E-state index contributed by atoms with van der Waals surface area (Å²) in [5.41, 5.74) is 1.60. The lowest BCUT2D eigenvalue weighted by molar-refractivity contribution is -0.161. The van der Waals surface area contributed by atoms with Gasteiger partial charge < -0.3 is 35.2 Å². The van der Waals surface area contributed by atoms with Crippen LogP contribution in [0, 0.1) is 0 Å². The lowest BCUT2D eigenvalue weighted by Gasteiger charge is -2.46. The molecule has 0 aliphatic carbocycles. The van der Waals surface area contributed by atoms with Crippen LogP contribution < -0.4 is 10.7 Å². The number of phenols is 2. The first-order valence-electron chi connectivity index (χ1n) is 9.87. The first kappa shape index (κ1) is 28.0. The zero-order valence-electron chi connectivity index (χ0n) is 18.3. The number of hydrazone groups is 1. The molecule has 2 rings (SSSR count). The van der Waals surface area contributed by atoms with E-state index in [2.05, 4.69) is 10.4 Å². The van der Waals surface area contributed by atoms with Gasteiger partial charge in [0, 0.05) is 18.7 Å². The number of β-lactam (4-membered cyclic amide) rings is 1. The van der Waals surface area contributed by atoms with E-state index in [0.717, 1.165) is 24.0 Å². The molecule has 1 aromatic carbocycles. The van der Waals surface area contributed by atoms with E-state index in [1.54, 1.807) is 6.92 Å². The quantitative estimate of drug-likeness (QED) is 0.0636. The molecule has 0 radical (unpaired) electrons. The zero-order chi connectivity index (χ0) is 26.7. The molecule has 0 bridgehead atoms. The van der Waals surface area contributed by atoms with Gasteiger partial charge in [-0.3, -0.25) is 14.4 Å². The normalized spacial score (nSPS) is 19.9. The Bertz CT molecular complexity index is 1100. The third kappa shape index (κ3) is 5.70. The van der Waals surface area contributed by atoms with Gasteiger partial charge >= 0.3 is 5.97 Å². The molecule has 35 heavy (non-hydrogen) atoms. The molecule has 3 amide bonds. The summed E-state index contributed by atoms with van der Waals surface area (Å²) in [4.78, 5) is 49.4. The summed E-state index contributed by atoms with van der Waals surface area (Å²) >= 11 is 2.94. The van der Waals surface area contributed by atoms with Gasteiger partial charge in [0.2, 0.25) is 5.91 Å². The summed E-state index contributed by atoms with van der Waals surface area (Å²) in [7, 11) is 0. The van der Waals surface area contributed by atoms with E-state index >= 15 is 0 Å². The van der Waals surface area contributed by atoms with Crippen molar-refractivity contribution < 1.29 is 48.4 Å². The molecule has 1 aliphatic heterocycles. The summed E-state index contributed by atoms with van der Waals surface area (Å²) in [6.07, 6.45) is 0.746. The smallest absolute Gasteiger partial charge is 0.328 e. The molecule has 1 unspecified atom stereocenters. The maximum Gasteiger partial charge on any atom is 0.328 e. The molecule has 0 saturated carbocycles. The van der Waals surface area contributed by atoms with E-state index in [-0.39, 0.29) is 12.0 Å². The molecule has 7 N–H and O–H groups in total. The molecule has 16 heteroatoms. The van der Waals surface area contributed by atoms with Gasteiger partial charge in [0.1, 0.15) is 10.8 Å². The van der Waals surface area contributed by atoms with Gasteiger partial charge in [-0.15, -0.1) is 0 Å². The Morgan fingerprint density at radius 2 is 2.00 bits per heavy atom. The average Bonchev–Trinajstić information content (AvgIpc) is 2.78. The number of phenolic OH excluding ortho intramolecular Hbond substituents is 2. The minimum atomic E-state index is -2.86. The maximum absolute atomic E-state index is 12.4. The largest absolute Gasteiger partial charge is 0.504 e. The van der Waals surface area contributed by atoms with E-state index in [9.17, 15) is 48.4 Å². The molecule has 1 heterocycles. The maximum atomic E-state index is 12.4. The van der Waals surface area contributed by atoms with Crippen molar-refractivity contribution in [3.8, 4) is 11.5 Å². The van der Waals surface area contributed by atoms with Crippen LogP contribution in [0.1, 0.15) is 30.6 Å². The molecule has 0 aromatic heterocycles. The van der Waals surface area contributed by atoms with Crippen molar-refractivity contribution in [3.63, 3.8) is 0 Å². The van der Waals surface area contributed by atoms with Crippen LogP contribution in [0.5, 0.6) is 11.5 Å². The van der Waals surface area contributed by atoms with Crippen LogP contribution in [0.2, 0.25) is 5.02 Å². The number of nitrogens with one attached hydrogen (secondary N) is 2. The molecule has 0 spiro atoms. The zero-order valence-corrected chi connectivity index (χ0v) is 19.9. The van der Waals surface area contributed by atoms with Crippen molar-refractivity contribution in [1.29, 1.82) is 0 Å². The molecular formula is C19H23ClN4O10S. The minimum absolute atomic E-state index is 0.0620. The van der Waals surface area contributed by atoms with Gasteiger partial charge in [-0.25, -0.2) is 14.4 Å². The summed E-state index contributed by atoms with van der Waals surface area (Å²) < 4.78 is 19.7. The average molecular weight is 535 g/mol. The third-order valence-corrected chi connectivity index (χ3v) is 6.77. The predicted octanol–water partition coefficient (Wildman–Crippen LogP) is -1.00. The van der Waals surface area contributed by atoms with Crippen molar-refractivity contribution in [3.05, 3.63) is 22.7 Å². The van der Waals surface area contributed by atoms with E-state index < -0.39 is 80.8 Å². The van der Waals surface area contributed by atoms with Crippen LogP contribution in [0.4, 0.5) is 0 Å². The number of carbonyl (C=O) groups excluding carboxylic acids is 3. The fraction of sp³-hybridized carbons (Fsp3) is 0.421. The number of rotatable bonds is 10. The number of aliphatic hydroxyl groups is 1. The van der Waals surface area contributed by atoms with Crippen molar-refractivity contribution in [1.82, 2.24) is 15.6 Å². The molecule has 1 aromatic rings. The Morgan fingerprint density at radius 1 is 1.37 bits per heavy atom. The number of aromatic hydroxyl groups is 2. The Morgan fingerprint density at radius 3 is 2.49 bits per heavy atom. The second-order valence-corrected chi connectivity index (χ2v) is 9.52. The highest BCUT2D eigenvalue weighted by atomic mass is 35.5. The number of benzene rings is 1. The monoisotopic (exact) mass is 534 g/mol. The molecule has 1 aliphatic rings. The fourth-order valence-corrected chi connectivity index (χ4v) is 4.10. The highest BCUT2D eigenvalue weighted by molar-refractivity contribution is 7.81. The van der Waals surface area contributed by atoms with Gasteiger partial charge in [-0.1, -0.05) is 11.6 Å². The number of likely N-dealkylation sites (tertiary alicyclic amines) is 1. The van der Waals surface area contributed by atoms with E-state index in [4.69, 9.17) is 11.6 Å². The predicted molar refractivity (Wildman–Crippen MR) is 121 cm³/mol. The Kier molecular flexibility index (Phi) is 8.78. The van der Waals surface area contributed by atoms with E-state index in [0.29, 0.717) is 6.21 Å². The number of aliphatic hydroxyl groups excluding tert-OH is 1. The van der Waals surface area contributed by atoms with Gasteiger partial charge in [0.15, 0.2) is 28.6 Å².